The summed E-state index contributed by atoms with van der Waals surface area (Å²) in [5.74, 6) is 1.29. The van der Waals surface area contributed by atoms with Crippen LogP contribution in [0.1, 0.15) is 11.1 Å². The molecule has 5 nitrogen and oxygen atoms in total. The van der Waals surface area contributed by atoms with Gasteiger partial charge in [-0.05, 0) is 48.5 Å². The molecule has 1 aliphatic rings. The monoisotopic (exact) mass is 528 g/mol. The number of rotatable bonds is 4. The van der Waals surface area contributed by atoms with Gasteiger partial charge in [-0.2, -0.15) is 0 Å². The number of fused-ring (bicyclic) bond motifs is 5. The molecule has 7 aromatic rings. The molecule has 0 fully saturated rings. The van der Waals surface area contributed by atoms with Crippen molar-refractivity contribution in [2.24, 2.45) is 0 Å². The fourth-order valence-corrected chi connectivity index (χ4v) is 5.64. The van der Waals surface area contributed by atoms with E-state index in [1.54, 1.807) is 6.20 Å². The minimum atomic E-state index is 0.559. The van der Waals surface area contributed by atoms with Crippen LogP contribution in [0, 0.1) is 0 Å². The summed E-state index contributed by atoms with van der Waals surface area (Å²) in [6.45, 7) is 0. The van der Waals surface area contributed by atoms with Gasteiger partial charge in [-0.25, -0.2) is 14.7 Å². The summed E-state index contributed by atoms with van der Waals surface area (Å²) in [5.41, 5.74) is 8.52. The van der Waals surface area contributed by atoms with Gasteiger partial charge in [0.25, 0.3) is 0 Å². The second-order valence-corrected chi connectivity index (χ2v) is 9.97. The Morgan fingerprint density at radius 3 is 2.15 bits per heavy atom. The maximum absolute atomic E-state index is 6.20. The Morgan fingerprint density at radius 2 is 1.29 bits per heavy atom. The molecule has 0 saturated heterocycles. The molecular weight excluding hydrogens is 504 g/mol. The summed E-state index contributed by atoms with van der Waals surface area (Å²) < 4.78 is 8.51. The normalized spacial score (nSPS) is 12.2. The molecule has 0 radical (unpaired) electrons. The molecule has 0 bridgehead atoms. The number of nitrogens with zero attached hydrogens (tertiary/aromatic N) is 4. The zero-order valence-corrected chi connectivity index (χ0v) is 22.1. The first-order chi connectivity index (χ1) is 20.3. The Balaban J connectivity index is 1.42. The Bertz CT molecular complexity index is 2080. The van der Waals surface area contributed by atoms with Gasteiger partial charge in [0.05, 0.1) is 28.1 Å². The summed E-state index contributed by atoms with van der Waals surface area (Å²) >= 11 is 0. The molecule has 0 spiro atoms. The van der Waals surface area contributed by atoms with Gasteiger partial charge in [0.2, 0.25) is 5.88 Å². The van der Waals surface area contributed by atoms with Crippen LogP contribution in [0.4, 0.5) is 11.4 Å². The van der Waals surface area contributed by atoms with Crippen LogP contribution in [0.15, 0.2) is 134 Å². The molecule has 1 aliphatic heterocycles. The Hall–Kier alpha value is -5.68. The number of para-hydroxylation sites is 2. The van der Waals surface area contributed by atoms with Crippen molar-refractivity contribution in [2.75, 3.05) is 5.01 Å². The number of aromatic nitrogens is 3. The Morgan fingerprint density at radius 1 is 0.537 bits per heavy atom. The lowest BCUT2D eigenvalue weighted by Crippen LogP contribution is -2.25. The first-order valence-corrected chi connectivity index (χ1v) is 13.6. The third-order valence-electron chi connectivity index (χ3n) is 7.51. The topological polar surface area (TPSA) is 43.2 Å². The molecule has 0 amide bonds. The minimum Gasteiger partial charge on any atom is -0.439 e. The van der Waals surface area contributed by atoms with Gasteiger partial charge in [-0.1, -0.05) is 72.8 Å². The van der Waals surface area contributed by atoms with Crippen molar-refractivity contribution in [3.8, 4) is 22.9 Å². The van der Waals surface area contributed by atoms with Gasteiger partial charge in [-0.3, -0.25) is 4.98 Å². The lowest BCUT2D eigenvalue weighted by atomic mass is 10.1. The molecule has 0 aliphatic carbocycles. The van der Waals surface area contributed by atoms with Crippen LogP contribution in [-0.4, -0.2) is 14.6 Å². The molecule has 0 N–H and O–H groups in total. The highest BCUT2D eigenvalue weighted by molar-refractivity contribution is 6.09. The van der Waals surface area contributed by atoms with Gasteiger partial charge >= 0.3 is 0 Å². The Labute approximate surface area is 237 Å². The van der Waals surface area contributed by atoms with E-state index >= 15 is 0 Å². The second kappa shape index (κ2) is 9.50. The van der Waals surface area contributed by atoms with E-state index in [0.717, 1.165) is 55.9 Å². The maximum atomic E-state index is 6.20. The fourth-order valence-electron chi connectivity index (χ4n) is 5.64. The van der Waals surface area contributed by atoms with E-state index in [9.17, 15) is 0 Å². The molecular formula is C36H24N4O. The molecule has 0 saturated carbocycles. The highest BCUT2D eigenvalue weighted by Crippen LogP contribution is 2.43. The van der Waals surface area contributed by atoms with E-state index in [-0.39, 0.29) is 0 Å². The van der Waals surface area contributed by atoms with E-state index in [0.29, 0.717) is 5.88 Å². The van der Waals surface area contributed by atoms with E-state index in [2.05, 4.69) is 111 Å². The maximum Gasteiger partial charge on any atom is 0.219 e. The van der Waals surface area contributed by atoms with E-state index in [1.165, 1.54) is 5.39 Å². The van der Waals surface area contributed by atoms with Crippen molar-refractivity contribution in [2.45, 2.75) is 0 Å². The molecule has 4 aromatic carbocycles. The highest BCUT2D eigenvalue weighted by Gasteiger charge is 2.24. The van der Waals surface area contributed by atoms with E-state index in [4.69, 9.17) is 4.74 Å². The average molecular weight is 529 g/mol. The lowest BCUT2D eigenvalue weighted by Gasteiger charge is -2.30. The Kier molecular flexibility index (Phi) is 5.38. The first-order valence-electron chi connectivity index (χ1n) is 13.6. The molecule has 41 heavy (non-hydrogen) atoms. The molecule has 0 atom stereocenters. The summed E-state index contributed by atoms with van der Waals surface area (Å²) in [6.07, 6.45) is 7.96. The van der Waals surface area contributed by atoms with Crippen molar-refractivity contribution >= 4 is 45.3 Å². The van der Waals surface area contributed by atoms with Crippen molar-refractivity contribution in [1.29, 1.82) is 0 Å². The zero-order chi connectivity index (χ0) is 27.2. The van der Waals surface area contributed by atoms with Crippen LogP contribution >= 0.6 is 0 Å². The SMILES string of the molecule is C1=Cc2ccc(-c3ccccn3)cc2N(n2c3ccccc3c3ccc(Oc4ccccn4)cc32)c2ccccc21. The molecule has 194 valence electrons. The van der Waals surface area contributed by atoms with Crippen molar-refractivity contribution in [3.63, 3.8) is 0 Å². The van der Waals surface area contributed by atoms with Crippen LogP contribution in [-0.2, 0) is 0 Å². The minimum absolute atomic E-state index is 0.559. The number of ether oxygens (including phenoxy) is 1. The summed E-state index contributed by atoms with van der Waals surface area (Å²) in [5, 5.41) is 4.64. The number of hydrogen-bond acceptors (Lipinski definition) is 4. The summed E-state index contributed by atoms with van der Waals surface area (Å²) in [6, 6.07) is 41.6. The predicted octanol–water partition coefficient (Wildman–Crippen LogP) is 9.13. The first kappa shape index (κ1) is 23.2. The smallest absolute Gasteiger partial charge is 0.219 e. The summed E-state index contributed by atoms with van der Waals surface area (Å²) in [4.78, 5) is 9.00. The molecule has 3 aromatic heterocycles. The standard InChI is InChI=1S/C36H24N4O/c1-3-12-32-25(9-1)15-16-26-17-18-27(31-11-5-7-21-37-31)23-34(26)39(32)40-33-13-4-2-10-29(33)30-20-19-28(24-35(30)40)41-36-14-6-8-22-38-36/h1-24H. The van der Waals surface area contributed by atoms with Crippen molar-refractivity contribution in [1.82, 2.24) is 14.6 Å². The molecule has 4 heterocycles. The third kappa shape index (κ3) is 3.95. The van der Waals surface area contributed by atoms with Gasteiger partial charge in [0, 0.05) is 52.0 Å². The predicted molar refractivity (Wildman–Crippen MR) is 166 cm³/mol. The number of benzene rings is 4. The summed E-state index contributed by atoms with van der Waals surface area (Å²) in [7, 11) is 0. The van der Waals surface area contributed by atoms with Crippen LogP contribution in [0.2, 0.25) is 0 Å². The van der Waals surface area contributed by atoms with E-state index < -0.39 is 0 Å². The van der Waals surface area contributed by atoms with Crippen molar-refractivity contribution in [3.05, 3.63) is 145 Å². The van der Waals surface area contributed by atoms with Gasteiger partial charge in [-0.15, -0.1) is 0 Å². The number of pyridine rings is 2. The molecule has 0 unspecified atom stereocenters. The van der Waals surface area contributed by atoms with Crippen LogP contribution in [0.25, 0.3) is 45.2 Å². The van der Waals surface area contributed by atoms with Crippen LogP contribution in [0.5, 0.6) is 11.6 Å². The fraction of sp³-hybridized carbons (Fsp3) is 0. The number of hydrogen-bond donors (Lipinski definition) is 0. The quantitative estimate of drug-likeness (QED) is 0.228. The van der Waals surface area contributed by atoms with Crippen molar-refractivity contribution < 1.29 is 4.74 Å². The zero-order valence-electron chi connectivity index (χ0n) is 22.1. The molecule has 8 rings (SSSR count). The largest absolute Gasteiger partial charge is 0.439 e. The lowest BCUT2D eigenvalue weighted by molar-refractivity contribution is 0.463. The number of anilines is 2. The second-order valence-electron chi connectivity index (χ2n) is 9.97. The third-order valence-corrected chi connectivity index (χ3v) is 7.51. The molecule has 5 heteroatoms. The highest BCUT2D eigenvalue weighted by atomic mass is 16.5. The van der Waals surface area contributed by atoms with Crippen LogP contribution < -0.4 is 9.75 Å². The van der Waals surface area contributed by atoms with Gasteiger partial charge < -0.3 is 4.74 Å². The average Bonchev–Trinajstić information content (AvgIpc) is 3.25. The van der Waals surface area contributed by atoms with Crippen LogP contribution in [0.3, 0.4) is 0 Å². The van der Waals surface area contributed by atoms with E-state index in [1.807, 2.05) is 48.7 Å². The van der Waals surface area contributed by atoms with Gasteiger partial charge in [0.15, 0.2) is 0 Å². The van der Waals surface area contributed by atoms with Gasteiger partial charge in [0.1, 0.15) is 5.75 Å².